The van der Waals surface area contributed by atoms with Crippen molar-refractivity contribution in [2.45, 2.75) is 89.9 Å². The van der Waals surface area contributed by atoms with Gasteiger partial charge in [-0.2, -0.15) is 0 Å². The molecular formula is C44H50F4N2O2Ti. The number of carbonyl (C=O) groups excluding carboxylic acids is 2. The van der Waals surface area contributed by atoms with E-state index in [9.17, 15) is 9.59 Å². The zero-order valence-corrected chi connectivity index (χ0v) is 32.1. The topological polar surface area (TPSA) is 40.6 Å². The predicted molar refractivity (Wildman–Crippen MR) is 196 cm³/mol. The Kier molecular flexibility index (Phi) is 10.7. The van der Waals surface area contributed by atoms with Crippen molar-refractivity contribution in [3.63, 3.8) is 0 Å². The van der Waals surface area contributed by atoms with Crippen LogP contribution in [0.15, 0.2) is 68.5 Å². The molecule has 2 aliphatic heterocycles. The fourth-order valence-corrected chi connectivity index (χ4v) is 19.1. The summed E-state index contributed by atoms with van der Waals surface area (Å²) in [6.45, 7) is 2.49. The fraction of sp³-hybridized carbons (Fsp3) is 0.500. The minimum atomic E-state index is -4.94. The van der Waals surface area contributed by atoms with E-state index in [1.807, 2.05) is 46.3 Å². The van der Waals surface area contributed by atoms with E-state index >= 15 is 17.6 Å². The van der Waals surface area contributed by atoms with Crippen molar-refractivity contribution >= 4 is 19.6 Å². The number of amides is 2. The molecule has 2 heterocycles. The molecule has 0 bridgehead atoms. The van der Waals surface area contributed by atoms with Crippen LogP contribution in [0.1, 0.15) is 88.2 Å². The summed E-state index contributed by atoms with van der Waals surface area (Å²) >= 11 is -4.94. The number of likely N-dealkylation sites (tertiary alicyclic amines) is 2. The van der Waals surface area contributed by atoms with E-state index in [1.54, 1.807) is 0 Å². The summed E-state index contributed by atoms with van der Waals surface area (Å²) in [7, 11) is 0. The first-order valence-corrected chi connectivity index (χ1v) is 23.2. The summed E-state index contributed by atoms with van der Waals surface area (Å²) in [5.74, 6) is -1.60. The first-order valence-electron chi connectivity index (χ1n) is 20.0. The van der Waals surface area contributed by atoms with E-state index in [0.717, 1.165) is 64.5 Å². The van der Waals surface area contributed by atoms with Gasteiger partial charge in [-0.3, -0.25) is 0 Å². The molecule has 4 nitrogen and oxygen atoms in total. The SMILES string of the molecule is O=C1C2CCCCC2CN1CCCc1ccc(F)[c]([Ti]([C]2=CC=CC2)([C]2=CC=CC2)[c]2c(F)ccc(CCCN3CC4CCCCC4C3=O)c2F)c1F. The van der Waals surface area contributed by atoms with Crippen molar-refractivity contribution in [1.82, 2.24) is 9.80 Å². The number of carbonyl (C=O) groups is 2. The van der Waals surface area contributed by atoms with Gasteiger partial charge < -0.3 is 0 Å². The predicted octanol–water partition coefficient (Wildman–Crippen LogP) is 8.20. The molecule has 0 N–H and O–H groups in total. The first kappa shape index (κ1) is 36.7. The molecule has 6 aliphatic rings. The van der Waals surface area contributed by atoms with E-state index in [2.05, 4.69) is 0 Å². The van der Waals surface area contributed by atoms with Gasteiger partial charge in [0.25, 0.3) is 0 Å². The van der Waals surface area contributed by atoms with Crippen molar-refractivity contribution in [1.29, 1.82) is 0 Å². The first-order chi connectivity index (χ1) is 25.8. The maximum absolute atomic E-state index is 17.3. The molecule has 4 unspecified atom stereocenters. The molecule has 0 spiro atoms. The van der Waals surface area contributed by atoms with Gasteiger partial charge in [-0.1, -0.05) is 0 Å². The second kappa shape index (κ2) is 15.5. The van der Waals surface area contributed by atoms with E-state index in [4.69, 9.17) is 0 Å². The number of halogens is 4. The second-order valence-electron chi connectivity index (χ2n) is 16.3. The van der Waals surface area contributed by atoms with Gasteiger partial charge in [0, 0.05) is 0 Å². The van der Waals surface area contributed by atoms with Crippen LogP contribution in [0.2, 0.25) is 0 Å². The normalized spacial score (nSPS) is 25.4. The zero-order valence-electron chi connectivity index (χ0n) is 30.5. The van der Waals surface area contributed by atoms with Crippen LogP contribution in [0, 0.1) is 46.9 Å². The Bertz CT molecular complexity index is 1770. The molecule has 9 heteroatoms. The van der Waals surface area contributed by atoms with Gasteiger partial charge in [0.1, 0.15) is 0 Å². The van der Waals surface area contributed by atoms with Crippen LogP contribution in [0.4, 0.5) is 17.6 Å². The molecule has 2 saturated heterocycles. The van der Waals surface area contributed by atoms with Crippen LogP contribution in [0.3, 0.4) is 0 Å². The molecule has 2 aromatic carbocycles. The summed E-state index contributed by atoms with van der Waals surface area (Å²) in [6.07, 6.45) is 21.9. The average molecular weight is 763 g/mol. The van der Waals surface area contributed by atoms with Gasteiger partial charge in [0.2, 0.25) is 0 Å². The van der Waals surface area contributed by atoms with Gasteiger partial charge in [-0.15, -0.1) is 0 Å². The molecule has 280 valence electrons. The van der Waals surface area contributed by atoms with Crippen LogP contribution in [0.5, 0.6) is 0 Å². The molecule has 2 amide bonds. The summed E-state index contributed by atoms with van der Waals surface area (Å²) in [5.41, 5.74) is 0.623. The van der Waals surface area contributed by atoms with Gasteiger partial charge in [-0.05, 0) is 0 Å². The standard InChI is InChI=1S/2C17H20F2NO.2C5H5.Ti/c2*18-14-8-7-12(16(19)10-14)5-3-9-20-11-13-4-1-2-6-15(13)17(20)21;2*1-2-4-5-3-1;/h2*7-8,13,15H,1-6,9,11H2;2*1-3H,4H2;. The van der Waals surface area contributed by atoms with Crippen molar-refractivity contribution in [3.8, 4) is 0 Å². The molecule has 4 fully saturated rings. The van der Waals surface area contributed by atoms with E-state index in [-0.39, 0.29) is 44.2 Å². The van der Waals surface area contributed by atoms with Gasteiger partial charge >= 0.3 is 316 Å². The zero-order chi connectivity index (χ0) is 36.7. The third-order valence-electron chi connectivity index (χ3n) is 13.3. The number of hydrogen-bond acceptors (Lipinski definition) is 2. The summed E-state index contributed by atoms with van der Waals surface area (Å²) in [6, 6.07) is 5.49. The van der Waals surface area contributed by atoms with E-state index in [0.29, 0.717) is 69.5 Å². The molecule has 4 aliphatic carbocycles. The Hall–Kier alpha value is -3.23. The summed E-state index contributed by atoms with van der Waals surface area (Å²) < 4.78 is 68.8. The number of aryl methyl sites for hydroxylation is 2. The number of allylic oxidation sites excluding steroid dienone is 8. The van der Waals surface area contributed by atoms with Gasteiger partial charge in [0.05, 0.1) is 0 Å². The number of fused-ring (bicyclic) bond motifs is 2. The Labute approximate surface area is 314 Å². The Morgan fingerprint density at radius 2 is 1.04 bits per heavy atom. The quantitative estimate of drug-likeness (QED) is 0.162. The van der Waals surface area contributed by atoms with Crippen molar-refractivity contribution in [2.75, 3.05) is 26.2 Å². The Morgan fingerprint density at radius 1 is 0.604 bits per heavy atom. The van der Waals surface area contributed by atoms with Crippen molar-refractivity contribution in [2.24, 2.45) is 23.7 Å². The van der Waals surface area contributed by atoms with E-state index in [1.165, 1.54) is 24.3 Å². The number of hydrogen-bond donors (Lipinski definition) is 0. The van der Waals surface area contributed by atoms with Crippen molar-refractivity contribution in [3.05, 3.63) is 103 Å². The van der Waals surface area contributed by atoms with Crippen molar-refractivity contribution < 1.29 is 43.7 Å². The number of rotatable bonds is 12. The molecule has 0 aromatic heterocycles. The minimum absolute atomic E-state index is 0.0979. The molecule has 2 saturated carbocycles. The Morgan fingerprint density at radius 3 is 1.43 bits per heavy atom. The van der Waals surface area contributed by atoms with Crippen LogP contribution in [-0.2, 0) is 39.0 Å². The number of nitrogens with zero attached hydrogens (tertiary/aromatic N) is 2. The maximum atomic E-state index is 17.3. The molecule has 53 heavy (non-hydrogen) atoms. The molecule has 0 radical (unpaired) electrons. The molecule has 4 atom stereocenters. The monoisotopic (exact) mass is 762 g/mol. The molecular weight excluding hydrogens is 712 g/mol. The van der Waals surface area contributed by atoms with Crippen LogP contribution in [-0.4, -0.2) is 47.8 Å². The summed E-state index contributed by atoms with van der Waals surface area (Å²) in [5, 5.41) is 0. The van der Waals surface area contributed by atoms with Crippen LogP contribution < -0.4 is 7.74 Å². The molecule has 2 aromatic rings. The Balaban J connectivity index is 1.12. The third kappa shape index (κ3) is 6.64. The summed E-state index contributed by atoms with van der Waals surface area (Å²) in [4.78, 5) is 30.1. The van der Waals surface area contributed by atoms with E-state index < -0.39 is 39.9 Å². The van der Waals surface area contributed by atoms with Crippen LogP contribution >= 0.6 is 0 Å². The van der Waals surface area contributed by atoms with Gasteiger partial charge in [-0.25, -0.2) is 0 Å². The fourth-order valence-electron chi connectivity index (χ4n) is 10.7. The second-order valence-corrected chi connectivity index (χ2v) is 22.2. The average Bonchev–Trinajstić information content (AvgIpc) is 3.99. The van der Waals surface area contributed by atoms with Crippen LogP contribution in [0.25, 0.3) is 0 Å². The number of benzene rings is 2. The molecule has 8 rings (SSSR count). The third-order valence-corrected chi connectivity index (χ3v) is 21.3. The van der Waals surface area contributed by atoms with Gasteiger partial charge in [0.15, 0.2) is 0 Å².